The van der Waals surface area contributed by atoms with Gasteiger partial charge in [-0.3, -0.25) is 4.79 Å². The molecule has 14 heavy (non-hydrogen) atoms. The molecule has 0 radical (unpaired) electrons. The van der Waals surface area contributed by atoms with Crippen LogP contribution in [0.3, 0.4) is 0 Å². The number of carboxylic acids is 1. The Hall–Kier alpha value is -1.09. The van der Waals surface area contributed by atoms with Gasteiger partial charge in [0.25, 0.3) is 0 Å². The highest BCUT2D eigenvalue weighted by atomic mass is 35.5. The van der Waals surface area contributed by atoms with Crippen molar-refractivity contribution in [3.8, 4) is 0 Å². The molecule has 1 aromatic heterocycles. The second-order valence-electron chi connectivity index (χ2n) is 3.36. The van der Waals surface area contributed by atoms with E-state index in [0.29, 0.717) is 17.1 Å². The summed E-state index contributed by atoms with van der Waals surface area (Å²) in [5.41, 5.74) is -0.200. The maximum absolute atomic E-state index is 11.1. The van der Waals surface area contributed by atoms with Crippen LogP contribution in [-0.4, -0.2) is 16.1 Å². The van der Waals surface area contributed by atoms with E-state index in [-0.39, 0.29) is 0 Å². The molecule has 0 amide bonds. The molecule has 0 saturated heterocycles. The number of nitrogens with zero attached hydrogens (tertiary/aromatic N) is 1. The van der Waals surface area contributed by atoms with Crippen LogP contribution >= 0.6 is 11.6 Å². The zero-order chi connectivity index (χ0) is 10.8. The SMILES string of the molecule is CCC(C)(C(=O)O)c1ccc(Cl)nc1. The van der Waals surface area contributed by atoms with Crippen LogP contribution in [0.2, 0.25) is 5.15 Å². The summed E-state index contributed by atoms with van der Waals surface area (Å²) in [6.07, 6.45) is 2.03. The Labute approximate surface area is 87.7 Å². The molecule has 3 nitrogen and oxygen atoms in total. The zero-order valence-electron chi connectivity index (χ0n) is 8.12. The van der Waals surface area contributed by atoms with Gasteiger partial charge in [-0.25, -0.2) is 4.98 Å². The predicted molar refractivity (Wildman–Crippen MR) is 54.5 cm³/mol. The molecule has 0 fully saturated rings. The van der Waals surface area contributed by atoms with Crippen LogP contribution < -0.4 is 0 Å². The van der Waals surface area contributed by atoms with Gasteiger partial charge in [0.1, 0.15) is 5.15 Å². The molecule has 0 bridgehead atoms. The highest BCUT2D eigenvalue weighted by Crippen LogP contribution is 2.27. The smallest absolute Gasteiger partial charge is 0.313 e. The van der Waals surface area contributed by atoms with Crippen LogP contribution in [-0.2, 0) is 10.2 Å². The van der Waals surface area contributed by atoms with Crippen LogP contribution in [0.15, 0.2) is 18.3 Å². The summed E-state index contributed by atoms with van der Waals surface area (Å²) in [4.78, 5) is 15.0. The molecule has 4 heteroatoms. The molecule has 1 rings (SSSR count). The van der Waals surface area contributed by atoms with E-state index in [1.54, 1.807) is 19.1 Å². The molecule has 0 spiro atoms. The number of carboxylic acid groups (broad SMARTS) is 1. The van der Waals surface area contributed by atoms with Gasteiger partial charge in [0, 0.05) is 6.20 Å². The molecule has 0 aromatic carbocycles. The van der Waals surface area contributed by atoms with Crippen molar-refractivity contribution in [3.63, 3.8) is 0 Å². The standard InChI is InChI=1S/C10H12ClNO2/c1-3-10(2,9(13)14)7-4-5-8(11)12-6-7/h4-6H,3H2,1-2H3,(H,13,14). The average molecular weight is 214 g/mol. The number of hydrogen-bond donors (Lipinski definition) is 1. The van der Waals surface area contributed by atoms with Crippen molar-refractivity contribution in [1.82, 2.24) is 4.98 Å². The van der Waals surface area contributed by atoms with Crippen molar-refractivity contribution in [2.24, 2.45) is 0 Å². The monoisotopic (exact) mass is 213 g/mol. The normalized spacial score (nSPS) is 14.8. The summed E-state index contributed by atoms with van der Waals surface area (Å²) in [5.74, 6) is -0.843. The second-order valence-corrected chi connectivity index (χ2v) is 3.75. The molecule has 0 saturated carbocycles. The average Bonchev–Trinajstić information content (AvgIpc) is 2.17. The van der Waals surface area contributed by atoms with Gasteiger partial charge in [0.2, 0.25) is 0 Å². The topological polar surface area (TPSA) is 50.2 Å². The maximum atomic E-state index is 11.1. The van der Waals surface area contributed by atoms with E-state index in [0.717, 1.165) is 0 Å². The Balaban J connectivity index is 3.13. The van der Waals surface area contributed by atoms with Gasteiger partial charge in [-0.1, -0.05) is 24.6 Å². The van der Waals surface area contributed by atoms with E-state index in [1.165, 1.54) is 6.20 Å². The highest BCUT2D eigenvalue weighted by Gasteiger charge is 2.33. The van der Waals surface area contributed by atoms with E-state index in [2.05, 4.69) is 4.98 Å². The third kappa shape index (κ3) is 1.87. The lowest BCUT2D eigenvalue weighted by Gasteiger charge is -2.22. The quantitative estimate of drug-likeness (QED) is 0.785. The molecule has 0 aliphatic heterocycles. The Kier molecular flexibility index (Phi) is 3.11. The lowest BCUT2D eigenvalue weighted by atomic mass is 9.81. The van der Waals surface area contributed by atoms with Crippen molar-refractivity contribution in [1.29, 1.82) is 0 Å². The third-order valence-corrected chi connectivity index (χ3v) is 2.77. The van der Waals surface area contributed by atoms with Gasteiger partial charge >= 0.3 is 5.97 Å². The van der Waals surface area contributed by atoms with Crippen molar-refractivity contribution >= 4 is 17.6 Å². The van der Waals surface area contributed by atoms with E-state index in [1.807, 2.05) is 6.92 Å². The first-order valence-electron chi connectivity index (χ1n) is 4.36. The largest absolute Gasteiger partial charge is 0.481 e. The number of aromatic nitrogens is 1. The van der Waals surface area contributed by atoms with E-state index in [4.69, 9.17) is 16.7 Å². The number of carbonyl (C=O) groups is 1. The summed E-state index contributed by atoms with van der Waals surface area (Å²) in [6, 6.07) is 3.31. The molecular weight excluding hydrogens is 202 g/mol. The van der Waals surface area contributed by atoms with Gasteiger partial charge in [-0.05, 0) is 25.0 Å². The Bertz CT molecular complexity index is 336. The Morgan fingerprint density at radius 2 is 2.29 bits per heavy atom. The molecular formula is C10H12ClNO2. The van der Waals surface area contributed by atoms with Gasteiger partial charge < -0.3 is 5.11 Å². The van der Waals surface area contributed by atoms with Gasteiger partial charge in [-0.15, -0.1) is 0 Å². The number of halogens is 1. The highest BCUT2D eigenvalue weighted by molar-refractivity contribution is 6.29. The maximum Gasteiger partial charge on any atom is 0.313 e. The van der Waals surface area contributed by atoms with Crippen molar-refractivity contribution < 1.29 is 9.90 Å². The fourth-order valence-corrected chi connectivity index (χ4v) is 1.29. The second kappa shape index (κ2) is 3.96. The first-order chi connectivity index (χ1) is 6.50. The summed E-state index contributed by atoms with van der Waals surface area (Å²) < 4.78 is 0. The molecule has 0 aliphatic rings. The van der Waals surface area contributed by atoms with Crippen LogP contribution in [0.25, 0.3) is 0 Å². The molecule has 1 heterocycles. The molecule has 1 unspecified atom stereocenters. The fourth-order valence-electron chi connectivity index (χ4n) is 1.18. The Morgan fingerprint density at radius 3 is 2.64 bits per heavy atom. The minimum Gasteiger partial charge on any atom is -0.481 e. The number of rotatable bonds is 3. The van der Waals surface area contributed by atoms with Gasteiger partial charge in [0.15, 0.2) is 0 Å². The molecule has 1 aromatic rings. The van der Waals surface area contributed by atoms with Gasteiger partial charge in [0.05, 0.1) is 5.41 Å². The minimum atomic E-state index is -0.877. The summed E-state index contributed by atoms with van der Waals surface area (Å²) in [5, 5.41) is 9.47. The van der Waals surface area contributed by atoms with Crippen molar-refractivity contribution in [2.75, 3.05) is 0 Å². The summed E-state index contributed by atoms with van der Waals surface area (Å²) >= 11 is 5.63. The lowest BCUT2D eigenvalue weighted by molar-refractivity contribution is -0.143. The Morgan fingerprint density at radius 1 is 1.64 bits per heavy atom. The molecule has 1 N–H and O–H groups in total. The number of hydrogen-bond acceptors (Lipinski definition) is 2. The molecule has 0 aliphatic carbocycles. The minimum absolute atomic E-state index is 0.373. The first-order valence-corrected chi connectivity index (χ1v) is 4.74. The number of aliphatic carboxylic acids is 1. The van der Waals surface area contributed by atoms with Crippen LogP contribution in [0, 0.1) is 0 Å². The van der Waals surface area contributed by atoms with E-state index >= 15 is 0 Å². The fraction of sp³-hybridized carbons (Fsp3) is 0.400. The van der Waals surface area contributed by atoms with Crippen LogP contribution in [0.1, 0.15) is 25.8 Å². The third-order valence-electron chi connectivity index (χ3n) is 2.54. The number of pyridine rings is 1. The summed E-state index contributed by atoms with van der Waals surface area (Å²) in [6.45, 7) is 3.52. The lowest BCUT2D eigenvalue weighted by Crippen LogP contribution is -2.31. The van der Waals surface area contributed by atoms with Gasteiger partial charge in [-0.2, -0.15) is 0 Å². The van der Waals surface area contributed by atoms with Crippen molar-refractivity contribution in [3.05, 3.63) is 29.0 Å². The predicted octanol–water partition coefficient (Wildman–Crippen LogP) is 2.49. The van der Waals surface area contributed by atoms with Crippen molar-refractivity contribution in [2.45, 2.75) is 25.7 Å². The van der Waals surface area contributed by atoms with E-state index < -0.39 is 11.4 Å². The summed E-state index contributed by atoms with van der Waals surface area (Å²) in [7, 11) is 0. The van der Waals surface area contributed by atoms with Crippen LogP contribution in [0.4, 0.5) is 0 Å². The van der Waals surface area contributed by atoms with E-state index in [9.17, 15) is 4.79 Å². The molecule has 1 atom stereocenters. The van der Waals surface area contributed by atoms with Crippen LogP contribution in [0.5, 0.6) is 0 Å². The zero-order valence-corrected chi connectivity index (χ0v) is 8.88. The first kappa shape index (κ1) is 11.0. The molecule has 76 valence electrons.